The fourth-order valence-electron chi connectivity index (χ4n) is 1.58. The van der Waals surface area contributed by atoms with Gasteiger partial charge in [-0.1, -0.05) is 12.8 Å². The number of carbonyl (C=O) groups is 1. The van der Waals surface area contributed by atoms with Crippen LogP contribution in [0.15, 0.2) is 0 Å². The molecule has 1 amide bonds. The molecule has 5 heteroatoms. The lowest BCUT2D eigenvalue weighted by atomic mass is 10.0. The summed E-state index contributed by atoms with van der Waals surface area (Å²) in [5.41, 5.74) is 5.74. The van der Waals surface area contributed by atoms with Gasteiger partial charge in [-0.15, -0.1) is 12.4 Å². The average Bonchev–Trinajstić information content (AvgIpc) is 2.97. The Kier molecular flexibility index (Phi) is 4.37. The number of aliphatic hydroxyl groups is 1. The molecule has 2 fully saturated rings. The number of halogens is 1. The van der Waals surface area contributed by atoms with Crippen molar-refractivity contribution in [2.24, 2.45) is 11.7 Å². The molecule has 15 heavy (non-hydrogen) atoms. The Balaban J connectivity index is 0.00000112. The molecule has 0 heterocycles. The molecule has 0 aromatic carbocycles. The zero-order valence-electron chi connectivity index (χ0n) is 8.69. The molecule has 0 saturated heterocycles. The van der Waals surface area contributed by atoms with Gasteiger partial charge in [0, 0.05) is 12.1 Å². The van der Waals surface area contributed by atoms with Gasteiger partial charge in [0.25, 0.3) is 5.91 Å². The fourth-order valence-corrected chi connectivity index (χ4v) is 1.58. The fraction of sp³-hybridized carbons (Fsp3) is 0.900. The van der Waals surface area contributed by atoms with Gasteiger partial charge in [0.15, 0.2) is 0 Å². The Morgan fingerprint density at radius 1 is 1.40 bits per heavy atom. The van der Waals surface area contributed by atoms with E-state index in [1.54, 1.807) is 0 Å². The van der Waals surface area contributed by atoms with Crippen LogP contribution in [0, 0.1) is 5.92 Å². The Morgan fingerprint density at radius 3 is 2.47 bits per heavy atom. The molecular formula is C10H19ClN2O2. The van der Waals surface area contributed by atoms with Crippen molar-refractivity contribution in [3.05, 3.63) is 0 Å². The highest BCUT2D eigenvalue weighted by Gasteiger charge is 2.32. The van der Waals surface area contributed by atoms with E-state index in [2.05, 4.69) is 5.32 Å². The Labute approximate surface area is 96.0 Å². The monoisotopic (exact) mass is 234 g/mol. The first-order valence-corrected chi connectivity index (χ1v) is 5.41. The average molecular weight is 235 g/mol. The number of rotatable bonds is 5. The normalized spacial score (nSPS) is 23.9. The van der Waals surface area contributed by atoms with Crippen LogP contribution < -0.4 is 11.1 Å². The highest BCUT2D eigenvalue weighted by atomic mass is 35.5. The highest BCUT2D eigenvalue weighted by Crippen LogP contribution is 2.33. The third-order valence-electron chi connectivity index (χ3n) is 2.90. The molecule has 88 valence electrons. The van der Waals surface area contributed by atoms with Gasteiger partial charge in [0.1, 0.15) is 6.10 Å². The van der Waals surface area contributed by atoms with Gasteiger partial charge in [-0.25, -0.2) is 0 Å². The maximum Gasteiger partial charge on any atom is 0.250 e. The van der Waals surface area contributed by atoms with Gasteiger partial charge < -0.3 is 16.2 Å². The minimum Gasteiger partial charge on any atom is -0.382 e. The number of aliphatic hydroxyl groups excluding tert-OH is 1. The highest BCUT2D eigenvalue weighted by molar-refractivity contribution is 5.85. The van der Waals surface area contributed by atoms with E-state index < -0.39 is 6.10 Å². The van der Waals surface area contributed by atoms with E-state index in [4.69, 9.17) is 5.73 Å². The topological polar surface area (TPSA) is 75.3 Å². The van der Waals surface area contributed by atoms with E-state index in [-0.39, 0.29) is 24.4 Å². The number of nitrogens with two attached hydrogens (primary N) is 1. The molecule has 0 spiro atoms. The Hall–Kier alpha value is -0.320. The molecule has 2 aliphatic carbocycles. The first-order valence-electron chi connectivity index (χ1n) is 5.41. The lowest BCUT2D eigenvalue weighted by molar-refractivity contribution is -0.130. The van der Waals surface area contributed by atoms with Crippen LogP contribution in [-0.2, 0) is 4.79 Å². The maximum absolute atomic E-state index is 11.4. The van der Waals surface area contributed by atoms with Gasteiger partial charge in [-0.05, 0) is 25.2 Å². The maximum atomic E-state index is 11.4. The van der Waals surface area contributed by atoms with E-state index in [0.717, 1.165) is 19.3 Å². The lowest BCUT2D eigenvalue weighted by Crippen LogP contribution is -2.47. The molecule has 2 atom stereocenters. The predicted octanol–water partition coefficient (Wildman–Crippen LogP) is 0.175. The van der Waals surface area contributed by atoms with Gasteiger partial charge in [-0.2, -0.15) is 0 Å². The Morgan fingerprint density at radius 2 is 2.00 bits per heavy atom. The van der Waals surface area contributed by atoms with Crippen LogP contribution >= 0.6 is 12.4 Å². The van der Waals surface area contributed by atoms with Crippen LogP contribution in [0.3, 0.4) is 0 Å². The van der Waals surface area contributed by atoms with Crippen LogP contribution in [0.25, 0.3) is 0 Å². The zero-order chi connectivity index (χ0) is 10.1. The number of hydrogen-bond acceptors (Lipinski definition) is 3. The van der Waals surface area contributed by atoms with Crippen LogP contribution in [0.5, 0.6) is 0 Å². The van der Waals surface area contributed by atoms with Crippen molar-refractivity contribution >= 4 is 18.3 Å². The van der Waals surface area contributed by atoms with Crippen LogP contribution in [0.2, 0.25) is 0 Å². The minimum absolute atomic E-state index is 0. The second-order valence-corrected chi connectivity index (χ2v) is 4.57. The van der Waals surface area contributed by atoms with Crippen molar-refractivity contribution in [3.63, 3.8) is 0 Å². The van der Waals surface area contributed by atoms with Gasteiger partial charge in [0.05, 0.1) is 0 Å². The van der Waals surface area contributed by atoms with E-state index in [1.165, 1.54) is 12.8 Å². The summed E-state index contributed by atoms with van der Waals surface area (Å²) in [7, 11) is 0. The molecule has 2 aliphatic rings. The Bertz CT molecular complexity index is 229. The molecule has 4 N–H and O–H groups in total. The summed E-state index contributed by atoms with van der Waals surface area (Å²) in [6, 6.07) is -0.0912. The largest absolute Gasteiger partial charge is 0.382 e. The first kappa shape index (κ1) is 12.7. The second kappa shape index (κ2) is 5.14. The molecule has 0 radical (unpaired) electrons. The van der Waals surface area contributed by atoms with E-state index in [0.29, 0.717) is 12.0 Å². The van der Waals surface area contributed by atoms with Crippen molar-refractivity contribution in [2.75, 3.05) is 0 Å². The summed E-state index contributed by atoms with van der Waals surface area (Å²) < 4.78 is 0. The number of hydrogen-bond donors (Lipinski definition) is 3. The molecule has 0 aliphatic heterocycles. The summed E-state index contributed by atoms with van der Waals surface area (Å²) in [5, 5.41) is 12.4. The molecule has 4 nitrogen and oxygen atoms in total. The lowest BCUT2D eigenvalue weighted by Gasteiger charge is -2.17. The first-order chi connectivity index (χ1) is 6.66. The molecular weight excluding hydrogens is 216 g/mol. The van der Waals surface area contributed by atoms with Crippen molar-refractivity contribution < 1.29 is 9.90 Å². The molecule has 0 aromatic rings. The standard InChI is InChI=1S/C10H18N2O2.ClH/c11-8(5-6-1-2-6)9(13)10(14)12-7-3-4-7;/h6-9,13H,1-5,11H2,(H,12,14);1H/t8-,9?;/m0./s1. The third-order valence-corrected chi connectivity index (χ3v) is 2.90. The summed E-state index contributed by atoms with van der Waals surface area (Å²) >= 11 is 0. The van der Waals surface area contributed by atoms with Crippen LogP contribution in [0.1, 0.15) is 32.1 Å². The van der Waals surface area contributed by atoms with Crippen LogP contribution in [0.4, 0.5) is 0 Å². The van der Waals surface area contributed by atoms with E-state index in [9.17, 15) is 9.90 Å². The quantitative estimate of drug-likeness (QED) is 0.635. The molecule has 0 aromatic heterocycles. The number of carbonyl (C=O) groups excluding carboxylic acids is 1. The summed E-state index contributed by atoms with van der Waals surface area (Å²) in [6.45, 7) is 0. The van der Waals surface area contributed by atoms with Crippen molar-refractivity contribution in [1.82, 2.24) is 5.32 Å². The summed E-state index contributed by atoms with van der Waals surface area (Å²) in [6.07, 6.45) is 4.23. The molecule has 0 bridgehead atoms. The van der Waals surface area contributed by atoms with E-state index in [1.807, 2.05) is 0 Å². The summed E-state index contributed by atoms with van der Waals surface area (Å²) in [5.74, 6) is 0.356. The SMILES string of the molecule is Cl.N[C@@H](CC1CC1)C(O)C(=O)NC1CC1. The predicted molar refractivity (Wildman–Crippen MR) is 59.7 cm³/mol. The zero-order valence-corrected chi connectivity index (χ0v) is 9.50. The van der Waals surface area contributed by atoms with Gasteiger partial charge >= 0.3 is 0 Å². The van der Waals surface area contributed by atoms with Gasteiger partial charge in [-0.3, -0.25) is 4.79 Å². The molecule has 2 saturated carbocycles. The molecule has 2 rings (SSSR count). The van der Waals surface area contributed by atoms with Crippen LogP contribution in [-0.4, -0.2) is 29.2 Å². The third kappa shape index (κ3) is 3.97. The van der Waals surface area contributed by atoms with Crippen molar-refractivity contribution in [3.8, 4) is 0 Å². The smallest absolute Gasteiger partial charge is 0.250 e. The second-order valence-electron chi connectivity index (χ2n) is 4.57. The molecule has 1 unspecified atom stereocenters. The van der Waals surface area contributed by atoms with Gasteiger partial charge in [0.2, 0.25) is 0 Å². The number of nitrogens with one attached hydrogen (secondary N) is 1. The van der Waals surface area contributed by atoms with Crippen molar-refractivity contribution in [1.29, 1.82) is 0 Å². The number of amides is 1. The van der Waals surface area contributed by atoms with Crippen molar-refractivity contribution in [2.45, 2.75) is 50.3 Å². The summed E-state index contributed by atoms with van der Waals surface area (Å²) in [4.78, 5) is 11.4. The van der Waals surface area contributed by atoms with E-state index >= 15 is 0 Å². The minimum atomic E-state index is -1.02.